The quantitative estimate of drug-likeness (QED) is 0.777. The first-order chi connectivity index (χ1) is 13.2. The molecule has 1 amide bonds. The monoisotopic (exact) mass is 413 g/mol. The van der Waals surface area contributed by atoms with Gasteiger partial charge in [0.05, 0.1) is 11.6 Å². The maximum atomic E-state index is 13.0. The van der Waals surface area contributed by atoms with Crippen LogP contribution in [-0.4, -0.2) is 47.0 Å². The van der Waals surface area contributed by atoms with Gasteiger partial charge in [-0.05, 0) is 18.7 Å². The van der Waals surface area contributed by atoms with E-state index >= 15 is 0 Å². The van der Waals surface area contributed by atoms with E-state index in [0.717, 1.165) is 10.1 Å². The molecule has 9 heteroatoms. The molecule has 0 radical (unpaired) electrons. The number of hydrogen-bond acceptors (Lipinski definition) is 3. The van der Waals surface area contributed by atoms with Gasteiger partial charge < -0.3 is 14.4 Å². The molecule has 0 N–H and O–H groups in total. The molecule has 1 fully saturated rings. The van der Waals surface area contributed by atoms with Crippen LogP contribution in [0.2, 0.25) is 5.02 Å². The lowest BCUT2D eigenvalue weighted by atomic mass is 10.0. The highest BCUT2D eigenvalue weighted by molar-refractivity contribution is 6.30. The third-order valence-corrected chi connectivity index (χ3v) is 5.03. The molecule has 0 unspecified atom stereocenters. The third kappa shape index (κ3) is 4.39. The predicted octanol–water partition coefficient (Wildman–Crippen LogP) is 3.04. The first-order valence-electron chi connectivity index (χ1n) is 8.67. The summed E-state index contributed by atoms with van der Waals surface area (Å²) in [6.07, 6.45) is -4.03. The third-order valence-electron chi connectivity index (χ3n) is 4.76. The number of halogens is 4. The lowest BCUT2D eigenvalue weighted by Gasteiger charge is -2.40. The molecule has 1 aromatic heterocycles. The Morgan fingerprint density at radius 3 is 2.54 bits per heavy atom. The van der Waals surface area contributed by atoms with E-state index in [-0.39, 0.29) is 6.04 Å². The van der Waals surface area contributed by atoms with Crippen molar-refractivity contribution in [3.8, 4) is 0 Å². The zero-order valence-electron chi connectivity index (χ0n) is 15.1. The SMILES string of the molecule is CN1CCN(C(=O)Cn2cc(C(F)(F)F)cc(Cl)c2=O)[C@H](c2ccccc2)C1. The molecule has 0 saturated carbocycles. The number of aromatic nitrogens is 1. The number of nitrogens with zero attached hydrogens (tertiary/aromatic N) is 3. The van der Waals surface area contributed by atoms with Gasteiger partial charge in [0.1, 0.15) is 11.6 Å². The van der Waals surface area contributed by atoms with Crippen LogP contribution in [-0.2, 0) is 17.5 Å². The van der Waals surface area contributed by atoms with Gasteiger partial charge in [0.2, 0.25) is 5.91 Å². The molecular weight excluding hydrogens is 395 g/mol. The number of amides is 1. The highest BCUT2D eigenvalue weighted by Crippen LogP contribution is 2.30. The van der Waals surface area contributed by atoms with E-state index in [0.29, 0.717) is 31.9 Å². The minimum Gasteiger partial charge on any atom is -0.332 e. The van der Waals surface area contributed by atoms with E-state index in [1.54, 1.807) is 4.90 Å². The zero-order valence-corrected chi connectivity index (χ0v) is 15.9. The summed E-state index contributed by atoms with van der Waals surface area (Å²) in [7, 11) is 1.94. The number of alkyl halides is 3. The highest BCUT2D eigenvalue weighted by atomic mass is 35.5. The van der Waals surface area contributed by atoms with Crippen molar-refractivity contribution < 1.29 is 18.0 Å². The van der Waals surface area contributed by atoms with Crippen LogP contribution in [0.1, 0.15) is 17.2 Å². The van der Waals surface area contributed by atoms with Crippen LogP contribution in [0.5, 0.6) is 0 Å². The fraction of sp³-hybridized carbons (Fsp3) is 0.368. The molecular formula is C19H19ClF3N3O2. The summed E-state index contributed by atoms with van der Waals surface area (Å²) in [6.45, 7) is 1.13. The van der Waals surface area contributed by atoms with Crippen molar-refractivity contribution in [2.45, 2.75) is 18.8 Å². The Labute approximate surface area is 164 Å². The molecule has 0 bridgehead atoms. The standard InChI is InChI=1S/C19H19ClF3N3O2/c1-24-7-8-26(16(11-24)13-5-3-2-4-6-13)17(27)12-25-10-14(19(21,22)23)9-15(20)18(25)28/h2-6,9-10,16H,7-8,11-12H2,1H3/t16-/m0/s1. The minimum absolute atomic E-state index is 0.246. The van der Waals surface area contributed by atoms with Crippen molar-refractivity contribution in [2.24, 2.45) is 0 Å². The Kier molecular flexibility index (Phi) is 5.81. The van der Waals surface area contributed by atoms with E-state index in [4.69, 9.17) is 11.6 Å². The van der Waals surface area contributed by atoms with E-state index < -0.39 is 34.8 Å². The van der Waals surface area contributed by atoms with Crippen LogP contribution in [0.4, 0.5) is 13.2 Å². The van der Waals surface area contributed by atoms with E-state index in [1.165, 1.54) is 0 Å². The topological polar surface area (TPSA) is 45.5 Å². The van der Waals surface area contributed by atoms with Crippen molar-refractivity contribution in [3.05, 3.63) is 69.1 Å². The number of benzene rings is 1. The maximum absolute atomic E-state index is 13.0. The summed E-state index contributed by atoms with van der Waals surface area (Å²) >= 11 is 5.67. The van der Waals surface area contributed by atoms with Crippen molar-refractivity contribution in [2.75, 3.05) is 26.7 Å². The Morgan fingerprint density at radius 1 is 1.21 bits per heavy atom. The summed E-state index contributed by atoms with van der Waals surface area (Å²) < 4.78 is 39.8. The van der Waals surface area contributed by atoms with E-state index in [1.807, 2.05) is 37.4 Å². The second-order valence-corrected chi connectivity index (χ2v) is 7.19. The second kappa shape index (κ2) is 7.97. The number of likely N-dealkylation sites (N-methyl/N-ethyl adjacent to an activating group) is 1. The highest BCUT2D eigenvalue weighted by Gasteiger charge is 2.33. The molecule has 3 rings (SSSR count). The number of pyridine rings is 1. The molecule has 1 saturated heterocycles. The van der Waals surface area contributed by atoms with Gasteiger partial charge in [0, 0.05) is 25.8 Å². The number of hydrogen-bond donors (Lipinski definition) is 0. The number of carbonyl (C=O) groups is 1. The summed E-state index contributed by atoms with van der Waals surface area (Å²) in [4.78, 5) is 28.7. The van der Waals surface area contributed by atoms with Gasteiger partial charge in [-0.2, -0.15) is 13.2 Å². The molecule has 1 aliphatic heterocycles. The maximum Gasteiger partial charge on any atom is 0.417 e. The Morgan fingerprint density at radius 2 is 1.89 bits per heavy atom. The number of rotatable bonds is 3. The van der Waals surface area contributed by atoms with Crippen LogP contribution in [0.15, 0.2) is 47.4 Å². The minimum atomic E-state index is -4.66. The van der Waals surface area contributed by atoms with Gasteiger partial charge in [-0.1, -0.05) is 41.9 Å². The van der Waals surface area contributed by atoms with Gasteiger partial charge in [0.25, 0.3) is 5.56 Å². The van der Waals surface area contributed by atoms with Gasteiger partial charge in [0.15, 0.2) is 0 Å². The lowest BCUT2D eigenvalue weighted by molar-refractivity contribution is -0.140. The van der Waals surface area contributed by atoms with Crippen LogP contribution in [0.3, 0.4) is 0 Å². The molecule has 0 spiro atoms. The molecule has 1 aromatic carbocycles. The smallest absolute Gasteiger partial charge is 0.332 e. The van der Waals surface area contributed by atoms with Crippen LogP contribution in [0, 0.1) is 0 Å². The van der Waals surface area contributed by atoms with E-state index in [9.17, 15) is 22.8 Å². The van der Waals surface area contributed by atoms with Crippen molar-refractivity contribution in [3.63, 3.8) is 0 Å². The summed E-state index contributed by atoms with van der Waals surface area (Å²) in [6, 6.07) is 9.73. The van der Waals surface area contributed by atoms with Gasteiger partial charge in [-0.3, -0.25) is 9.59 Å². The molecule has 28 heavy (non-hydrogen) atoms. The zero-order chi connectivity index (χ0) is 20.5. The molecule has 5 nitrogen and oxygen atoms in total. The lowest BCUT2D eigenvalue weighted by Crippen LogP contribution is -2.50. The first kappa shape index (κ1) is 20.4. The molecule has 2 heterocycles. The Balaban J connectivity index is 1.89. The molecule has 1 atom stereocenters. The largest absolute Gasteiger partial charge is 0.417 e. The van der Waals surface area contributed by atoms with Gasteiger partial charge in [-0.15, -0.1) is 0 Å². The van der Waals surface area contributed by atoms with Gasteiger partial charge >= 0.3 is 6.18 Å². The Bertz CT molecular complexity index is 915. The molecule has 1 aliphatic rings. The average Bonchev–Trinajstić information content (AvgIpc) is 2.65. The van der Waals surface area contributed by atoms with Crippen molar-refractivity contribution in [1.29, 1.82) is 0 Å². The number of piperazine rings is 1. The van der Waals surface area contributed by atoms with Crippen LogP contribution < -0.4 is 5.56 Å². The summed E-state index contributed by atoms with van der Waals surface area (Å²) in [5, 5.41) is -0.569. The fourth-order valence-electron chi connectivity index (χ4n) is 3.29. The first-order valence-corrected chi connectivity index (χ1v) is 9.05. The van der Waals surface area contributed by atoms with Crippen LogP contribution >= 0.6 is 11.6 Å². The van der Waals surface area contributed by atoms with E-state index in [2.05, 4.69) is 4.90 Å². The predicted molar refractivity (Wildman–Crippen MR) is 99.1 cm³/mol. The normalized spacial score (nSPS) is 18.3. The van der Waals surface area contributed by atoms with Crippen molar-refractivity contribution in [1.82, 2.24) is 14.4 Å². The fourth-order valence-corrected chi connectivity index (χ4v) is 3.51. The molecule has 2 aromatic rings. The van der Waals surface area contributed by atoms with Gasteiger partial charge in [-0.25, -0.2) is 0 Å². The summed E-state index contributed by atoms with van der Waals surface area (Å²) in [5.41, 5.74) is -0.965. The van der Waals surface area contributed by atoms with Crippen LogP contribution in [0.25, 0.3) is 0 Å². The second-order valence-electron chi connectivity index (χ2n) is 6.78. The molecule has 150 valence electrons. The molecule has 0 aliphatic carbocycles. The Hall–Kier alpha value is -2.32. The number of carbonyl (C=O) groups excluding carboxylic acids is 1. The average molecular weight is 414 g/mol. The van der Waals surface area contributed by atoms with Crippen molar-refractivity contribution >= 4 is 17.5 Å². The summed E-state index contributed by atoms with van der Waals surface area (Å²) in [5.74, 6) is -0.431.